The van der Waals surface area contributed by atoms with Crippen molar-refractivity contribution in [2.45, 2.75) is 79.2 Å². The molecule has 0 saturated carbocycles. The maximum Gasteiger partial charge on any atom is 0.331 e. The monoisotopic (exact) mass is 678 g/mol. The van der Waals surface area contributed by atoms with E-state index in [-0.39, 0.29) is 24.7 Å². The third-order valence-corrected chi connectivity index (χ3v) is 5.97. The highest BCUT2D eigenvalue weighted by atomic mass is 16.7. The first-order valence-electron chi connectivity index (χ1n) is 14.5. The minimum atomic E-state index is -1.38. The van der Waals surface area contributed by atoms with Crippen LogP contribution in [0.15, 0.2) is 35.9 Å². The van der Waals surface area contributed by atoms with Gasteiger partial charge in [-0.2, -0.15) is 0 Å². The molecule has 16 heteroatoms. The van der Waals surface area contributed by atoms with E-state index in [0.717, 1.165) is 33.8 Å². The molecule has 1 heterocycles. The Kier molecular flexibility index (Phi) is 15.4. The second-order valence-corrected chi connectivity index (χ2v) is 10.3. The van der Waals surface area contributed by atoms with Gasteiger partial charge in [0, 0.05) is 47.6 Å². The molecule has 0 bridgehead atoms. The van der Waals surface area contributed by atoms with Crippen molar-refractivity contribution in [3.8, 4) is 11.5 Å². The molecule has 0 aliphatic carbocycles. The molecule has 5 atom stereocenters. The van der Waals surface area contributed by atoms with Crippen LogP contribution in [0.4, 0.5) is 0 Å². The summed E-state index contributed by atoms with van der Waals surface area (Å²) in [6, 6.07) is 4.34. The van der Waals surface area contributed by atoms with Crippen LogP contribution < -0.4 is 9.47 Å². The van der Waals surface area contributed by atoms with Gasteiger partial charge in [0.1, 0.15) is 19.3 Å². The Balaban J connectivity index is 2.11. The van der Waals surface area contributed by atoms with Crippen LogP contribution >= 0.6 is 0 Å². The van der Waals surface area contributed by atoms with Gasteiger partial charge in [-0.1, -0.05) is 6.07 Å². The fourth-order valence-corrected chi connectivity index (χ4v) is 4.18. The van der Waals surface area contributed by atoms with E-state index < -0.39 is 79.1 Å². The Bertz CT molecular complexity index is 1430. The lowest BCUT2D eigenvalue weighted by atomic mass is 9.98. The maximum absolute atomic E-state index is 12.3. The smallest absolute Gasteiger partial charge is 0.331 e. The van der Waals surface area contributed by atoms with Crippen molar-refractivity contribution in [2.75, 3.05) is 19.8 Å². The molecule has 0 aromatic heterocycles. The third kappa shape index (κ3) is 13.7. The highest BCUT2D eigenvalue weighted by Gasteiger charge is 2.52. The van der Waals surface area contributed by atoms with Crippen molar-refractivity contribution in [2.24, 2.45) is 0 Å². The van der Waals surface area contributed by atoms with Crippen LogP contribution in [0.3, 0.4) is 0 Å². The number of ether oxygens (including phenoxy) is 9. The average Bonchev–Trinajstić information content (AvgIpc) is 2.96. The number of carbonyl (C=O) groups excluding carboxylic acids is 7. The van der Waals surface area contributed by atoms with Crippen LogP contribution in [0.2, 0.25) is 0 Å². The van der Waals surface area contributed by atoms with Gasteiger partial charge >= 0.3 is 41.8 Å². The Morgan fingerprint density at radius 1 is 0.688 bits per heavy atom. The predicted molar refractivity (Wildman–Crippen MR) is 161 cm³/mol. The highest BCUT2D eigenvalue weighted by molar-refractivity contribution is 5.87. The average molecular weight is 679 g/mol. The van der Waals surface area contributed by atoms with Crippen molar-refractivity contribution >= 4 is 47.9 Å². The zero-order valence-electron chi connectivity index (χ0n) is 27.5. The minimum Gasteiger partial charge on any atom is -0.463 e. The first kappa shape index (κ1) is 39.1. The fraction of sp³-hybridized carbons (Fsp3) is 0.469. The van der Waals surface area contributed by atoms with E-state index in [1.54, 1.807) is 6.92 Å². The summed E-state index contributed by atoms with van der Waals surface area (Å²) >= 11 is 0. The first-order chi connectivity index (χ1) is 22.5. The number of hydrogen-bond donors (Lipinski definition) is 0. The Morgan fingerprint density at radius 2 is 1.27 bits per heavy atom. The number of benzene rings is 1. The van der Waals surface area contributed by atoms with Gasteiger partial charge in [-0.05, 0) is 42.3 Å². The quantitative estimate of drug-likeness (QED) is 0.0909. The summed E-state index contributed by atoms with van der Waals surface area (Å²) in [5.41, 5.74) is 0.996. The molecule has 1 fully saturated rings. The lowest BCUT2D eigenvalue weighted by molar-refractivity contribution is -0.306. The molecule has 2 rings (SSSR count). The topological polar surface area (TPSA) is 203 Å². The second-order valence-electron chi connectivity index (χ2n) is 10.3. The van der Waals surface area contributed by atoms with E-state index >= 15 is 0 Å². The van der Waals surface area contributed by atoms with Crippen LogP contribution in [0.5, 0.6) is 11.5 Å². The van der Waals surface area contributed by atoms with Crippen LogP contribution in [0, 0.1) is 0 Å². The molecule has 0 radical (unpaired) electrons. The molecule has 16 nitrogen and oxygen atoms in total. The van der Waals surface area contributed by atoms with Gasteiger partial charge in [0.15, 0.2) is 36.1 Å². The largest absolute Gasteiger partial charge is 0.463 e. The van der Waals surface area contributed by atoms with Gasteiger partial charge in [0.2, 0.25) is 0 Å². The Hall–Kier alpha value is -5.09. The van der Waals surface area contributed by atoms with Gasteiger partial charge in [0.25, 0.3) is 0 Å². The summed E-state index contributed by atoms with van der Waals surface area (Å²) < 4.78 is 48.1. The van der Waals surface area contributed by atoms with E-state index in [1.807, 2.05) is 0 Å². The van der Waals surface area contributed by atoms with Gasteiger partial charge in [-0.15, -0.1) is 0 Å². The van der Waals surface area contributed by atoms with E-state index in [4.69, 9.17) is 42.6 Å². The molecule has 262 valence electrons. The van der Waals surface area contributed by atoms with E-state index in [2.05, 4.69) is 0 Å². The van der Waals surface area contributed by atoms with Crippen LogP contribution in [-0.2, 0) is 66.7 Å². The second kappa shape index (κ2) is 18.9. The molecule has 0 spiro atoms. The number of carbonyl (C=O) groups is 7. The van der Waals surface area contributed by atoms with Crippen molar-refractivity contribution in [3.05, 3.63) is 41.5 Å². The number of hydrogen-bond acceptors (Lipinski definition) is 16. The van der Waals surface area contributed by atoms with Crippen molar-refractivity contribution in [3.63, 3.8) is 0 Å². The molecule has 0 unspecified atom stereocenters. The molecule has 0 amide bonds. The zero-order valence-corrected chi connectivity index (χ0v) is 27.5. The van der Waals surface area contributed by atoms with E-state index in [0.29, 0.717) is 11.1 Å². The van der Waals surface area contributed by atoms with Crippen molar-refractivity contribution < 1.29 is 76.2 Å². The number of esters is 7. The lowest BCUT2D eigenvalue weighted by Crippen LogP contribution is -2.63. The first-order valence-corrected chi connectivity index (χ1v) is 14.5. The normalized spacial score (nSPS) is 20.6. The third-order valence-electron chi connectivity index (χ3n) is 5.97. The highest BCUT2D eigenvalue weighted by Crippen LogP contribution is 2.31. The van der Waals surface area contributed by atoms with Gasteiger partial charge < -0.3 is 42.6 Å². The summed E-state index contributed by atoms with van der Waals surface area (Å²) in [7, 11) is 0. The molecular weight excluding hydrogens is 640 g/mol. The summed E-state index contributed by atoms with van der Waals surface area (Å²) in [6.07, 6.45) is -2.56. The SMILES string of the molecule is CC(=O)OC[C@H]1O[C@@H](OCC(C)=CCOC(=O)C=Cc2ccc(OC(C)=O)c(OC(C)=O)c2)[C@H](OC(C)=O)[C@@H](OC(C)=O)[C@@H]1OC(C)=O. The standard InChI is InChI=1S/C32H38O16/c1-17(12-13-40-28(39)11-9-24-8-10-25(43-19(3)34)26(14-24)44-20(4)35)15-42-32-31(47-23(7)38)30(46-22(6)37)29(45-21(5)36)27(48-32)16-41-18(2)33/h8-12,14,27,29-32H,13,15-16H2,1-7H3/t27-,29-,30+,31-,32-/m1/s1. The summed E-state index contributed by atoms with van der Waals surface area (Å²) in [5, 5.41) is 0. The lowest BCUT2D eigenvalue weighted by Gasteiger charge is -2.44. The molecule has 1 saturated heterocycles. The molecular formula is C32H38O16. The zero-order chi connectivity index (χ0) is 36.0. The molecule has 48 heavy (non-hydrogen) atoms. The van der Waals surface area contributed by atoms with Gasteiger partial charge in [-0.25, -0.2) is 4.79 Å². The maximum atomic E-state index is 12.3. The minimum absolute atomic E-state index is 0.0107. The van der Waals surface area contributed by atoms with Crippen LogP contribution in [-0.4, -0.2) is 92.3 Å². The molecule has 1 aromatic rings. The predicted octanol–water partition coefficient (Wildman–Crippen LogP) is 2.14. The Labute approximate surface area is 276 Å². The molecule has 1 aromatic carbocycles. The van der Waals surface area contributed by atoms with E-state index in [9.17, 15) is 33.6 Å². The summed E-state index contributed by atoms with van der Waals surface area (Å²) in [5.74, 6) is -4.91. The van der Waals surface area contributed by atoms with Gasteiger partial charge in [-0.3, -0.25) is 28.8 Å². The van der Waals surface area contributed by atoms with Crippen molar-refractivity contribution in [1.29, 1.82) is 0 Å². The van der Waals surface area contributed by atoms with Crippen LogP contribution in [0.1, 0.15) is 54.0 Å². The molecule has 0 N–H and O–H groups in total. The summed E-state index contributed by atoms with van der Waals surface area (Å²) in [6.45, 7) is 7.79. The van der Waals surface area contributed by atoms with Crippen LogP contribution in [0.25, 0.3) is 6.08 Å². The van der Waals surface area contributed by atoms with E-state index in [1.165, 1.54) is 44.2 Å². The fourth-order valence-electron chi connectivity index (χ4n) is 4.18. The van der Waals surface area contributed by atoms with Gasteiger partial charge in [0.05, 0.1) is 6.61 Å². The summed E-state index contributed by atoms with van der Waals surface area (Å²) in [4.78, 5) is 82.3. The Morgan fingerprint density at radius 3 is 1.85 bits per heavy atom. The number of rotatable bonds is 14. The molecule has 1 aliphatic rings. The van der Waals surface area contributed by atoms with Crippen molar-refractivity contribution in [1.82, 2.24) is 0 Å². The molecule has 1 aliphatic heterocycles.